The molecule has 2 aromatic heterocycles. The number of aryl methyl sites for hydroxylation is 1. The summed E-state index contributed by atoms with van der Waals surface area (Å²) in [5.74, 6) is 4.38. The van der Waals surface area contributed by atoms with E-state index < -0.39 is 0 Å². The Morgan fingerprint density at radius 3 is 2.44 bits per heavy atom. The van der Waals surface area contributed by atoms with E-state index >= 15 is 0 Å². The lowest BCUT2D eigenvalue weighted by atomic mass is 9.96. The zero-order valence-corrected chi connectivity index (χ0v) is 22.0. The molecule has 0 saturated heterocycles. The average molecular weight is 490 g/mol. The largest absolute Gasteiger partial charge is 0.513 e. The summed E-state index contributed by atoms with van der Waals surface area (Å²) in [6, 6.07) is 4.21. The molecule has 3 N–H and O–H groups in total. The second kappa shape index (κ2) is 13.8. The molecule has 1 unspecified atom stereocenters. The Bertz CT molecular complexity index is 953. The van der Waals surface area contributed by atoms with Crippen LogP contribution >= 0.6 is 11.7 Å². The number of hydrogen-bond donors (Lipinski definition) is 3. The maximum Gasteiger partial charge on any atom is 0.209 e. The van der Waals surface area contributed by atoms with E-state index in [0.29, 0.717) is 11.7 Å². The molecule has 0 aromatic carbocycles. The molecule has 9 heteroatoms. The number of furan rings is 1. The van der Waals surface area contributed by atoms with Gasteiger partial charge in [-0.3, -0.25) is 4.79 Å². The van der Waals surface area contributed by atoms with E-state index in [1.54, 1.807) is 21.0 Å². The van der Waals surface area contributed by atoms with E-state index in [-0.39, 0.29) is 6.04 Å². The van der Waals surface area contributed by atoms with Crippen molar-refractivity contribution in [2.45, 2.75) is 72.3 Å². The van der Waals surface area contributed by atoms with Crippen LogP contribution in [0.2, 0.25) is 0 Å². The maximum absolute atomic E-state index is 9.51. The van der Waals surface area contributed by atoms with Crippen molar-refractivity contribution in [2.24, 2.45) is 5.92 Å². The number of hydrogen-bond acceptors (Lipinski definition) is 8. The standard InChI is InChI=1S/C22H32N4O2S.C3H7NO/c1-14(17(4)27)8-7-9-15(2)23-21-22(26-29-25-21)24-20(18-10-5-6-11-18)19-13-12-16(3)28-19;1-4(2)3-5/h9,12-13,18,20,27H,5-8,10-11H2,1-4H3,(H,23,25)(H,24,26);3H,1-2H3/b15-9+,17-14+;. The lowest BCUT2D eigenvalue weighted by Crippen LogP contribution is -2.19. The van der Waals surface area contributed by atoms with Crippen LogP contribution in [0.4, 0.5) is 11.6 Å². The normalized spacial score (nSPS) is 15.8. The van der Waals surface area contributed by atoms with Crippen LogP contribution < -0.4 is 10.6 Å². The fourth-order valence-corrected chi connectivity index (χ4v) is 4.24. The summed E-state index contributed by atoms with van der Waals surface area (Å²) in [5.41, 5.74) is 2.04. The summed E-state index contributed by atoms with van der Waals surface area (Å²) in [5, 5.41) is 16.5. The predicted octanol–water partition coefficient (Wildman–Crippen LogP) is 6.44. The highest BCUT2D eigenvalue weighted by molar-refractivity contribution is 6.99. The van der Waals surface area contributed by atoms with Crippen LogP contribution in [0.5, 0.6) is 0 Å². The highest BCUT2D eigenvalue weighted by atomic mass is 32.1. The molecule has 0 spiro atoms. The summed E-state index contributed by atoms with van der Waals surface area (Å²) < 4.78 is 14.9. The first-order valence-electron chi connectivity index (χ1n) is 11.8. The maximum atomic E-state index is 9.51. The van der Waals surface area contributed by atoms with Gasteiger partial charge in [0.15, 0.2) is 11.6 Å². The van der Waals surface area contributed by atoms with Gasteiger partial charge in [-0.2, -0.15) is 8.75 Å². The van der Waals surface area contributed by atoms with E-state index in [9.17, 15) is 9.90 Å². The predicted molar refractivity (Wildman–Crippen MR) is 139 cm³/mol. The molecule has 3 rings (SSSR count). The molecular weight excluding hydrogens is 450 g/mol. The van der Waals surface area contributed by atoms with Crippen molar-refractivity contribution in [1.29, 1.82) is 0 Å². The number of aliphatic hydroxyl groups excluding tert-OH is 1. The Morgan fingerprint density at radius 1 is 1.24 bits per heavy atom. The molecule has 1 aliphatic carbocycles. The van der Waals surface area contributed by atoms with Gasteiger partial charge < -0.3 is 25.1 Å². The van der Waals surface area contributed by atoms with Gasteiger partial charge in [-0.1, -0.05) is 18.9 Å². The van der Waals surface area contributed by atoms with Gasteiger partial charge in [0.25, 0.3) is 0 Å². The molecule has 1 atom stereocenters. The van der Waals surface area contributed by atoms with Gasteiger partial charge in [0, 0.05) is 19.8 Å². The second-order valence-electron chi connectivity index (χ2n) is 9.06. The topological polar surface area (TPSA) is 104 Å². The highest BCUT2D eigenvalue weighted by Gasteiger charge is 2.30. The molecule has 2 aromatic rings. The van der Waals surface area contributed by atoms with Crippen molar-refractivity contribution in [3.8, 4) is 0 Å². The molecule has 1 saturated carbocycles. The summed E-state index contributed by atoms with van der Waals surface area (Å²) in [6.07, 6.45) is 9.52. The molecule has 34 heavy (non-hydrogen) atoms. The number of aliphatic hydroxyl groups is 1. The third-order valence-corrected chi connectivity index (χ3v) is 6.36. The number of allylic oxidation sites excluding steroid dienone is 4. The summed E-state index contributed by atoms with van der Waals surface area (Å²) in [7, 11) is 3.38. The van der Waals surface area contributed by atoms with E-state index in [1.165, 1.54) is 42.3 Å². The Morgan fingerprint density at radius 2 is 1.88 bits per heavy atom. The Balaban J connectivity index is 0.000000739. The molecule has 2 heterocycles. The molecule has 1 aliphatic rings. The Kier molecular flexibility index (Phi) is 11.1. The highest BCUT2D eigenvalue weighted by Crippen LogP contribution is 2.39. The van der Waals surface area contributed by atoms with Crippen LogP contribution in [-0.2, 0) is 4.79 Å². The molecule has 1 amide bonds. The number of nitrogens with one attached hydrogen (secondary N) is 2. The molecule has 0 aliphatic heterocycles. The van der Waals surface area contributed by atoms with Gasteiger partial charge in [0.05, 0.1) is 23.5 Å². The van der Waals surface area contributed by atoms with Gasteiger partial charge >= 0.3 is 0 Å². The van der Waals surface area contributed by atoms with Gasteiger partial charge in [0.1, 0.15) is 11.5 Å². The van der Waals surface area contributed by atoms with Crippen molar-refractivity contribution in [1.82, 2.24) is 13.6 Å². The number of carbonyl (C=O) groups excluding carboxylic acids is 1. The second-order valence-corrected chi connectivity index (χ2v) is 9.59. The average Bonchev–Trinajstić information content (AvgIpc) is 3.55. The number of nitrogens with zero attached hydrogens (tertiary/aromatic N) is 3. The smallest absolute Gasteiger partial charge is 0.209 e. The first kappa shape index (κ1) is 27.4. The van der Waals surface area contributed by atoms with E-state index in [1.807, 2.05) is 26.8 Å². The van der Waals surface area contributed by atoms with E-state index in [4.69, 9.17) is 4.42 Å². The van der Waals surface area contributed by atoms with Crippen molar-refractivity contribution in [3.63, 3.8) is 0 Å². The lowest BCUT2D eigenvalue weighted by molar-refractivity contribution is -0.115. The first-order valence-corrected chi connectivity index (χ1v) is 12.5. The van der Waals surface area contributed by atoms with Crippen LogP contribution in [0.3, 0.4) is 0 Å². The van der Waals surface area contributed by atoms with Crippen LogP contribution in [0.25, 0.3) is 0 Å². The Labute approximate surface area is 207 Å². The van der Waals surface area contributed by atoms with E-state index in [0.717, 1.165) is 53.7 Å². The molecule has 188 valence electrons. The third-order valence-electron chi connectivity index (χ3n) is 5.83. The molecule has 8 nitrogen and oxygen atoms in total. The van der Waals surface area contributed by atoms with Gasteiger partial charge in [-0.15, -0.1) is 0 Å². The number of amides is 1. The fraction of sp³-hybridized carbons (Fsp3) is 0.560. The fourth-order valence-electron chi connectivity index (χ4n) is 3.77. The van der Waals surface area contributed by atoms with Crippen LogP contribution in [0.15, 0.2) is 39.7 Å². The van der Waals surface area contributed by atoms with Crippen LogP contribution in [0.1, 0.15) is 76.9 Å². The third kappa shape index (κ3) is 8.85. The number of carbonyl (C=O) groups is 1. The Hall–Kier alpha value is -2.81. The zero-order valence-electron chi connectivity index (χ0n) is 21.2. The van der Waals surface area contributed by atoms with Crippen LogP contribution in [-0.4, -0.2) is 39.3 Å². The molecule has 0 radical (unpaired) electrons. The molecule has 1 fully saturated rings. The van der Waals surface area contributed by atoms with Gasteiger partial charge in [-0.05, 0) is 77.0 Å². The molecule has 0 bridgehead atoms. The SMILES string of the molecule is C/C(=C\CC/C(C)=C(\C)O)Nc1nsnc1NC(c1ccc(C)o1)C1CCCC1.CN(C)C=O. The summed E-state index contributed by atoms with van der Waals surface area (Å²) >= 11 is 1.20. The van der Waals surface area contributed by atoms with Crippen LogP contribution in [0, 0.1) is 12.8 Å². The summed E-state index contributed by atoms with van der Waals surface area (Å²) in [4.78, 5) is 10.9. The number of anilines is 2. The lowest BCUT2D eigenvalue weighted by Gasteiger charge is -2.23. The van der Waals surface area contributed by atoms with E-state index in [2.05, 4.69) is 31.5 Å². The zero-order chi connectivity index (χ0) is 25.1. The number of rotatable bonds is 10. The number of aromatic nitrogens is 2. The first-order chi connectivity index (χ1) is 16.2. The minimum absolute atomic E-state index is 0.111. The van der Waals surface area contributed by atoms with Crippen molar-refractivity contribution < 1.29 is 14.3 Å². The monoisotopic (exact) mass is 489 g/mol. The summed E-state index contributed by atoms with van der Waals surface area (Å²) in [6.45, 7) is 7.69. The molecular formula is C25H39N5O3S. The van der Waals surface area contributed by atoms with Crippen molar-refractivity contribution in [3.05, 3.63) is 46.8 Å². The minimum Gasteiger partial charge on any atom is -0.513 e. The van der Waals surface area contributed by atoms with Crippen molar-refractivity contribution >= 4 is 29.8 Å². The van der Waals surface area contributed by atoms with Gasteiger partial charge in [0.2, 0.25) is 6.41 Å². The quantitative estimate of drug-likeness (QED) is 0.261. The minimum atomic E-state index is 0.111. The van der Waals surface area contributed by atoms with Gasteiger partial charge in [-0.25, -0.2) is 0 Å². The van der Waals surface area contributed by atoms with Crippen molar-refractivity contribution in [2.75, 3.05) is 24.7 Å².